The number of carbonyl (C=O) groups is 1. The summed E-state index contributed by atoms with van der Waals surface area (Å²) in [6, 6.07) is 14.5. The summed E-state index contributed by atoms with van der Waals surface area (Å²) in [5.74, 6) is -0.0481. The fourth-order valence-electron chi connectivity index (χ4n) is 2.90. The van der Waals surface area contributed by atoms with Crippen molar-refractivity contribution < 1.29 is 23.4 Å². The molecule has 0 radical (unpaired) electrons. The summed E-state index contributed by atoms with van der Waals surface area (Å²) in [6.45, 7) is 0.101. The molecule has 1 aliphatic rings. The maximum absolute atomic E-state index is 13.7. The van der Waals surface area contributed by atoms with Gasteiger partial charge in [0.1, 0.15) is 5.82 Å². The number of aromatic nitrogens is 1. The summed E-state index contributed by atoms with van der Waals surface area (Å²) >= 11 is 6.15. The predicted octanol–water partition coefficient (Wildman–Crippen LogP) is 4.95. The van der Waals surface area contributed by atoms with Crippen molar-refractivity contribution in [1.82, 2.24) is 4.98 Å². The van der Waals surface area contributed by atoms with Crippen molar-refractivity contribution in [2.75, 3.05) is 6.79 Å². The predicted molar refractivity (Wildman–Crippen MR) is 105 cm³/mol. The van der Waals surface area contributed by atoms with Gasteiger partial charge < -0.3 is 14.2 Å². The first kappa shape index (κ1) is 19.0. The molecule has 0 fully saturated rings. The zero-order valence-corrected chi connectivity index (χ0v) is 15.8. The first-order chi connectivity index (χ1) is 14.1. The monoisotopic (exact) mass is 411 g/mol. The lowest BCUT2D eigenvalue weighted by atomic mass is 10.1. The zero-order chi connectivity index (χ0) is 20.2. The number of rotatable bonds is 5. The van der Waals surface area contributed by atoms with Gasteiger partial charge >= 0.3 is 5.97 Å². The van der Waals surface area contributed by atoms with Crippen molar-refractivity contribution in [3.05, 3.63) is 94.5 Å². The fourth-order valence-corrected chi connectivity index (χ4v) is 3.18. The Hall–Kier alpha value is -3.38. The van der Waals surface area contributed by atoms with Gasteiger partial charge in [0.25, 0.3) is 0 Å². The van der Waals surface area contributed by atoms with Crippen LogP contribution in [0.1, 0.15) is 22.9 Å². The molecule has 0 saturated carbocycles. The molecule has 0 spiro atoms. The number of carbonyl (C=O) groups excluding carboxylic acids is 1. The Morgan fingerprint density at radius 2 is 2.07 bits per heavy atom. The summed E-state index contributed by atoms with van der Waals surface area (Å²) < 4.78 is 29.8. The van der Waals surface area contributed by atoms with Crippen LogP contribution in [0.5, 0.6) is 11.5 Å². The van der Waals surface area contributed by atoms with E-state index in [4.69, 9.17) is 25.8 Å². The molecule has 7 heteroatoms. The van der Waals surface area contributed by atoms with Gasteiger partial charge in [0.15, 0.2) is 17.6 Å². The molecule has 5 nitrogen and oxygen atoms in total. The standard InChI is InChI=1S/C22H15ClFNO4/c23-17-10-14(11-19-22(17)28-13-27-19)7-8-20(26)29-21(18-6-1-2-9-25-18)15-4-3-5-16(24)12-15/h1-12,21H,13H2/b8-7+. The highest BCUT2D eigenvalue weighted by Crippen LogP contribution is 2.40. The van der Waals surface area contributed by atoms with Crippen LogP contribution in [0.15, 0.2) is 66.9 Å². The molecule has 0 saturated heterocycles. The number of hydrogen-bond donors (Lipinski definition) is 0. The Bertz CT molecular complexity index is 1070. The topological polar surface area (TPSA) is 57.7 Å². The van der Waals surface area contributed by atoms with Crippen LogP contribution in [-0.2, 0) is 9.53 Å². The summed E-state index contributed by atoms with van der Waals surface area (Å²) in [5, 5.41) is 0.388. The molecular formula is C22H15ClFNO4. The van der Waals surface area contributed by atoms with E-state index in [0.717, 1.165) is 0 Å². The number of ether oxygens (including phenoxy) is 3. The van der Waals surface area contributed by atoms with E-state index in [-0.39, 0.29) is 6.79 Å². The number of halogens is 2. The van der Waals surface area contributed by atoms with E-state index in [1.807, 2.05) is 0 Å². The Kier molecular flexibility index (Phi) is 5.44. The molecule has 0 aliphatic carbocycles. The molecular weight excluding hydrogens is 397 g/mol. The molecule has 146 valence electrons. The van der Waals surface area contributed by atoms with Crippen LogP contribution < -0.4 is 9.47 Å². The lowest BCUT2D eigenvalue weighted by molar-refractivity contribution is -0.141. The normalized spacial score (nSPS) is 13.4. The molecule has 0 amide bonds. The van der Waals surface area contributed by atoms with E-state index in [9.17, 15) is 9.18 Å². The fraction of sp³-hybridized carbons (Fsp3) is 0.0909. The number of pyridine rings is 1. The molecule has 0 N–H and O–H groups in total. The highest BCUT2D eigenvalue weighted by molar-refractivity contribution is 6.32. The van der Waals surface area contributed by atoms with Crippen LogP contribution in [0, 0.1) is 5.82 Å². The van der Waals surface area contributed by atoms with E-state index >= 15 is 0 Å². The third kappa shape index (κ3) is 4.38. The number of hydrogen-bond acceptors (Lipinski definition) is 5. The van der Waals surface area contributed by atoms with E-state index in [2.05, 4.69) is 4.98 Å². The molecule has 1 atom stereocenters. The van der Waals surface area contributed by atoms with E-state index in [1.165, 1.54) is 18.2 Å². The Balaban J connectivity index is 1.56. The van der Waals surface area contributed by atoms with Crippen LogP contribution >= 0.6 is 11.6 Å². The minimum atomic E-state index is -0.843. The second kappa shape index (κ2) is 8.32. The summed E-state index contributed by atoms with van der Waals surface area (Å²) in [7, 11) is 0. The molecule has 0 bridgehead atoms. The average Bonchev–Trinajstić information content (AvgIpc) is 3.20. The van der Waals surface area contributed by atoms with Gasteiger partial charge in [0.2, 0.25) is 6.79 Å². The van der Waals surface area contributed by atoms with E-state index in [0.29, 0.717) is 33.3 Å². The van der Waals surface area contributed by atoms with Gasteiger partial charge in [-0.3, -0.25) is 4.98 Å². The summed E-state index contributed by atoms with van der Waals surface area (Å²) in [6.07, 6.45) is 3.56. The van der Waals surface area contributed by atoms with E-state index < -0.39 is 17.9 Å². The minimum absolute atomic E-state index is 0.101. The minimum Gasteiger partial charge on any atom is -0.454 e. The lowest BCUT2D eigenvalue weighted by Gasteiger charge is -2.17. The number of fused-ring (bicyclic) bond motifs is 1. The second-order valence-corrected chi connectivity index (χ2v) is 6.60. The Morgan fingerprint density at radius 3 is 2.86 bits per heavy atom. The summed E-state index contributed by atoms with van der Waals surface area (Å²) in [4.78, 5) is 16.7. The highest BCUT2D eigenvalue weighted by Gasteiger charge is 2.20. The van der Waals surface area contributed by atoms with Crippen molar-refractivity contribution in [3.63, 3.8) is 0 Å². The van der Waals surface area contributed by atoms with Gasteiger partial charge in [-0.2, -0.15) is 0 Å². The van der Waals surface area contributed by atoms with E-state index in [1.54, 1.807) is 54.7 Å². The number of esters is 1. The Labute approximate surface area is 171 Å². The van der Waals surface area contributed by atoms with Gasteiger partial charge in [-0.15, -0.1) is 0 Å². The average molecular weight is 412 g/mol. The van der Waals surface area contributed by atoms with Crippen LogP contribution in [0.3, 0.4) is 0 Å². The van der Waals surface area contributed by atoms with Crippen molar-refractivity contribution in [1.29, 1.82) is 0 Å². The molecule has 1 aliphatic heterocycles. The molecule has 2 heterocycles. The van der Waals surface area contributed by atoms with Crippen molar-refractivity contribution in [3.8, 4) is 11.5 Å². The molecule has 29 heavy (non-hydrogen) atoms. The van der Waals surface area contributed by atoms with Gasteiger partial charge in [0.05, 0.1) is 10.7 Å². The van der Waals surface area contributed by atoms with Gasteiger partial charge in [0, 0.05) is 17.8 Å². The molecule has 1 unspecified atom stereocenters. The van der Waals surface area contributed by atoms with Gasteiger partial charge in [-0.05, 0) is 48.0 Å². The van der Waals surface area contributed by atoms with Crippen molar-refractivity contribution in [2.45, 2.75) is 6.10 Å². The third-order valence-electron chi connectivity index (χ3n) is 4.20. The highest BCUT2D eigenvalue weighted by atomic mass is 35.5. The van der Waals surface area contributed by atoms with Crippen molar-refractivity contribution in [2.24, 2.45) is 0 Å². The SMILES string of the molecule is O=C(/C=C/c1cc(Cl)c2c(c1)OCO2)OC(c1cccc(F)c1)c1ccccn1. The molecule has 4 rings (SSSR count). The number of nitrogens with zero attached hydrogens (tertiary/aromatic N) is 1. The molecule has 1 aromatic heterocycles. The largest absolute Gasteiger partial charge is 0.454 e. The van der Waals surface area contributed by atoms with Crippen LogP contribution in [0.4, 0.5) is 4.39 Å². The lowest BCUT2D eigenvalue weighted by Crippen LogP contribution is -2.12. The summed E-state index contributed by atoms with van der Waals surface area (Å²) in [5.41, 5.74) is 1.62. The smallest absolute Gasteiger partial charge is 0.331 e. The Morgan fingerprint density at radius 1 is 1.17 bits per heavy atom. The van der Waals surface area contributed by atoms with Crippen LogP contribution in [0.2, 0.25) is 5.02 Å². The van der Waals surface area contributed by atoms with Gasteiger partial charge in [-0.1, -0.05) is 29.8 Å². The first-order valence-corrected chi connectivity index (χ1v) is 9.12. The zero-order valence-electron chi connectivity index (χ0n) is 15.0. The van der Waals surface area contributed by atoms with Crippen LogP contribution in [-0.4, -0.2) is 17.7 Å². The maximum Gasteiger partial charge on any atom is 0.331 e. The molecule has 3 aromatic rings. The number of benzene rings is 2. The quantitative estimate of drug-likeness (QED) is 0.439. The second-order valence-electron chi connectivity index (χ2n) is 6.20. The van der Waals surface area contributed by atoms with Gasteiger partial charge in [-0.25, -0.2) is 9.18 Å². The van der Waals surface area contributed by atoms with Crippen LogP contribution in [0.25, 0.3) is 6.08 Å². The first-order valence-electron chi connectivity index (χ1n) is 8.74. The molecule has 2 aromatic carbocycles. The maximum atomic E-state index is 13.7. The van der Waals surface area contributed by atoms with Crippen molar-refractivity contribution >= 4 is 23.6 Å². The third-order valence-corrected chi connectivity index (χ3v) is 4.48.